The number of benzene rings is 3. The van der Waals surface area contributed by atoms with Crippen LogP contribution in [0.15, 0.2) is 71.6 Å². The molecule has 0 fully saturated rings. The zero-order chi connectivity index (χ0) is 23.3. The van der Waals surface area contributed by atoms with Crippen LogP contribution in [0.2, 0.25) is 5.02 Å². The highest BCUT2D eigenvalue weighted by Gasteiger charge is 2.30. The second-order valence-corrected chi connectivity index (χ2v) is 9.14. The molecule has 3 aromatic rings. The summed E-state index contributed by atoms with van der Waals surface area (Å²) in [6, 6.07) is 17.7. The average Bonchev–Trinajstić information content (AvgIpc) is 2.80. The highest BCUT2D eigenvalue weighted by atomic mass is 35.5. The van der Waals surface area contributed by atoms with E-state index in [2.05, 4.69) is 5.32 Å². The number of aryl methyl sites for hydroxylation is 1. The van der Waals surface area contributed by atoms with Crippen LogP contribution in [0.25, 0.3) is 0 Å². The molecule has 1 amide bonds. The number of methoxy groups -OCH3 is 2. The monoisotopic (exact) mass is 474 g/mol. The van der Waals surface area contributed by atoms with E-state index < -0.39 is 22.5 Å². The first kappa shape index (κ1) is 23.4. The van der Waals surface area contributed by atoms with Crippen LogP contribution in [0.3, 0.4) is 0 Å². The van der Waals surface area contributed by atoms with Crippen LogP contribution in [-0.2, 0) is 14.8 Å². The van der Waals surface area contributed by atoms with E-state index in [9.17, 15) is 13.2 Å². The van der Waals surface area contributed by atoms with Gasteiger partial charge in [-0.15, -0.1) is 0 Å². The first-order valence-corrected chi connectivity index (χ1v) is 11.4. The third kappa shape index (κ3) is 5.15. The van der Waals surface area contributed by atoms with Gasteiger partial charge >= 0.3 is 0 Å². The Balaban J connectivity index is 2.03. The van der Waals surface area contributed by atoms with Crippen LogP contribution in [-0.4, -0.2) is 35.1 Å². The van der Waals surface area contributed by atoms with E-state index >= 15 is 0 Å². The highest BCUT2D eigenvalue weighted by Crippen LogP contribution is 2.35. The summed E-state index contributed by atoms with van der Waals surface area (Å²) in [5, 5.41) is 3.19. The maximum absolute atomic E-state index is 13.5. The number of amides is 1. The third-order valence-corrected chi connectivity index (χ3v) is 6.91. The molecule has 9 heteroatoms. The lowest BCUT2D eigenvalue weighted by atomic mass is 10.2. The number of sulfonamides is 1. The molecule has 0 radical (unpaired) electrons. The summed E-state index contributed by atoms with van der Waals surface area (Å²) in [6.07, 6.45) is 0. The molecule has 7 nitrogen and oxygen atoms in total. The summed E-state index contributed by atoms with van der Waals surface area (Å²) in [6.45, 7) is 1.35. The van der Waals surface area contributed by atoms with E-state index in [-0.39, 0.29) is 16.3 Å². The van der Waals surface area contributed by atoms with Crippen LogP contribution in [0, 0.1) is 6.92 Å². The molecule has 0 heterocycles. The van der Waals surface area contributed by atoms with E-state index in [0.29, 0.717) is 16.5 Å². The molecule has 3 rings (SSSR count). The predicted octanol–water partition coefficient (Wildman–Crippen LogP) is 4.50. The highest BCUT2D eigenvalue weighted by molar-refractivity contribution is 7.92. The maximum Gasteiger partial charge on any atom is 0.264 e. The van der Waals surface area contributed by atoms with Gasteiger partial charge in [-0.3, -0.25) is 9.10 Å². The van der Waals surface area contributed by atoms with Gasteiger partial charge in [-0.05, 0) is 48.9 Å². The number of ether oxygens (including phenoxy) is 2. The van der Waals surface area contributed by atoms with Crippen molar-refractivity contribution < 1.29 is 22.7 Å². The Kier molecular flexibility index (Phi) is 7.27. The van der Waals surface area contributed by atoms with Gasteiger partial charge in [0.15, 0.2) is 0 Å². The van der Waals surface area contributed by atoms with Crippen molar-refractivity contribution in [2.45, 2.75) is 11.8 Å². The second kappa shape index (κ2) is 9.93. The summed E-state index contributed by atoms with van der Waals surface area (Å²) in [5.41, 5.74) is 1.49. The van der Waals surface area contributed by atoms with Crippen molar-refractivity contribution in [2.24, 2.45) is 0 Å². The van der Waals surface area contributed by atoms with Crippen LogP contribution >= 0.6 is 11.6 Å². The second-order valence-electron chi connectivity index (χ2n) is 6.87. The number of rotatable bonds is 8. The summed E-state index contributed by atoms with van der Waals surface area (Å²) in [7, 11) is -1.21. The largest absolute Gasteiger partial charge is 0.497 e. The number of nitrogens with one attached hydrogen (secondary N) is 1. The number of anilines is 2. The topological polar surface area (TPSA) is 84.9 Å². The van der Waals surface area contributed by atoms with Gasteiger partial charge in [0.25, 0.3) is 10.0 Å². The van der Waals surface area contributed by atoms with Crippen molar-refractivity contribution in [1.29, 1.82) is 0 Å². The van der Waals surface area contributed by atoms with E-state index in [1.807, 2.05) is 6.92 Å². The summed E-state index contributed by atoms with van der Waals surface area (Å²) in [5.74, 6) is 0.144. The fourth-order valence-corrected chi connectivity index (χ4v) is 4.64. The van der Waals surface area contributed by atoms with E-state index in [0.717, 1.165) is 9.87 Å². The van der Waals surface area contributed by atoms with E-state index in [1.165, 1.54) is 32.4 Å². The van der Waals surface area contributed by atoms with Gasteiger partial charge in [0, 0.05) is 16.8 Å². The molecule has 0 unspecified atom stereocenters. The molecule has 0 saturated heterocycles. The molecule has 0 atom stereocenters. The molecule has 0 aromatic heterocycles. The van der Waals surface area contributed by atoms with Gasteiger partial charge in [-0.25, -0.2) is 8.42 Å². The first-order chi connectivity index (χ1) is 15.3. The first-order valence-electron chi connectivity index (χ1n) is 9.62. The Morgan fingerprint density at radius 2 is 1.72 bits per heavy atom. The summed E-state index contributed by atoms with van der Waals surface area (Å²) >= 11 is 6.14. The standard InChI is InChI=1S/C23H23ClN2O5S/c1-16-9-10-17(13-20(16)24)25-23(27)15-26(32(28,29)19-7-5-4-6-8-19)21-14-18(30-2)11-12-22(21)31-3/h4-14H,15H2,1-3H3,(H,25,27). The van der Waals surface area contributed by atoms with Crippen molar-refractivity contribution in [3.63, 3.8) is 0 Å². The molecule has 0 aliphatic heterocycles. The van der Waals surface area contributed by atoms with Crippen molar-refractivity contribution >= 4 is 38.9 Å². The van der Waals surface area contributed by atoms with E-state index in [1.54, 1.807) is 48.5 Å². The number of hydrogen-bond acceptors (Lipinski definition) is 5. The lowest BCUT2D eigenvalue weighted by Gasteiger charge is -2.26. The molecular weight excluding hydrogens is 452 g/mol. The molecule has 0 aliphatic rings. The molecule has 168 valence electrons. The van der Waals surface area contributed by atoms with Gasteiger partial charge < -0.3 is 14.8 Å². The Bertz CT molecular complexity index is 1220. The number of hydrogen-bond donors (Lipinski definition) is 1. The zero-order valence-corrected chi connectivity index (χ0v) is 19.4. The Morgan fingerprint density at radius 3 is 2.34 bits per heavy atom. The Morgan fingerprint density at radius 1 is 1.00 bits per heavy atom. The molecular formula is C23H23ClN2O5S. The third-order valence-electron chi connectivity index (χ3n) is 4.73. The van der Waals surface area contributed by atoms with Gasteiger partial charge in [-0.1, -0.05) is 35.9 Å². The SMILES string of the molecule is COc1ccc(OC)c(N(CC(=O)Nc2ccc(C)c(Cl)c2)S(=O)(=O)c2ccccc2)c1. The Hall–Kier alpha value is -3.23. The summed E-state index contributed by atoms with van der Waals surface area (Å²) < 4.78 is 38.7. The molecule has 0 aliphatic carbocycles. The van der Waals surface area contributed by atoms with Gasteiger partial charge in [0.2, 0.25) is 5.91 Å². The number of carbonyl (C=O) groups is 1. The van der Waals surface area contributed by atoms with Gasteiger partial charge in [0.1, 0.15) is 18.0 Å². The van der Waals surface area contributed by atoms with Crippen molar-refractivity contribution in [2.75, 3.05) is 30.4 Å². The Labute approximate surface area is 192 Å². The smallest absolute Gasteiger partial charge is 0.264 e. The zero-order valence-electron chi connectivity index (χ0n) is 17.8. The quantitative estimate of drug-likeness (QED) is 0.519. The van der Waals surface area contributed by atoms with Crippen LogP contribution < -0.4 is 19.1 Å². The fraction of sp³-hybridized carbons (Fsp3) is 0.174. The molecule has 0 saturated carbocycles. The molecule has 32 heavy (non-hydrogen) atoms. The van der Waals surface area contributed by atoms with Crippen LogP contribution in [0.1, 0.15) is 5.56 Å². The lowest BCUT2D eigenvalue weighted by molar-refractivity contribution is -0.114. The maximum atomic E-state index is 13.5. The molecule has 1 N–H and O–H groups in total. The van der Waals surface area contributed by atoms with Gasteiger partial charge in [0.05, 0.1) is 24.8 Å². The molecule has 3 aromatic carbocycles. The minimum Gasteiger partial charge on any atom is -0.497 e. The van der Waals surface area contributed by atoms with E-state index in [4.69, 9.17) is 21.1 Å². The summed E-state index contributed by atoms with van der Waals surface area (Å²) in [4.78, 5) is 12.9. The van der Waals surface area contributed by atoms with Gasteiger partial charge in [-0.2, -0.15) is 0 Å². The number of nitrogens with zero attached hydrogens (tertiary/aromatic N) is 1. The normalized spacial score (nSPS) is 11.0. The minimum absolute atomic E-state index is 0.0380. The number of halogens is 1. The van der Waals surface area contributed by atoms with Crippen molar-refractivity contribution in [3.8, 4) is 11.5 Å². The van der Waals surface area contributed by atoms with Crippen molar-refractivity contribution in [3.05, 3.63) is 77.3 Å². The lowest BCUT2D eigenvalue weighted by Crippen LogP contribution is -2.38. The van der Waals surface area contributed by atoms with Crippen molar-refractivity contribution in [1.82, 2.24) is 0 Å². The van der Waals surface area contributed by atoms with Crippen LogP contribution in [0.5, 0.6) is 11.5 Å². The fourth-order valence-electron chi connectivity index (χ4n) is 3.01. The molecule has 0 bridgehead atoms. The number of carbonyl (C=O) groups excluding carboxylic acids is 1. The average molecular weight is 475 g/mol. The van der Waals surface area contributed by atoms with Crippen LogP contribution in [0.4, 0.5) is 11.4 Å². The predicted molar refractivity (Wildman–Crippen MR) is 125 cm³/mol. The molecule has 0 spiro atoms. The minimum atomic E-state index is -4.10.